The predicted molar refractivity (Wildman–Crippen MR) is 68.5 cm³/mol. The Balaban J connectivity index is 2.18. The lowest BCUT2D eigenvalue weighted by atomic mass is 9.96. The molecular weight excluding hydrogens is 230 g/mol. The maximum Gasteiger partial charge on any atom is 0.255 e. The van der Waals surface area contributed by atoms with Crippen molar-refractivity contribution in [2.24, 2.45) is 5.92 Å². The van der Waals surface area contributed by atoms with E-state index in [9.17, 15) is 15.0 Å². The summed E-state index contributed by atoms with van der Waals surface area (Å²) in [7, 11) is 0. The number of aliphatic hydroxyl groups excluding tert-OH is 1. The number of carbonyl (C=O) groups is 1. The summed E-state index contributed by atoms with van der Waals surface area (Å²) in [5, 5.41) is 22.0. The van der Waals surface area contributed by atoms with Gasteiger partial charge in [0.2, 0.25) is 0 Å². The summed E-state index contributed by atoms with van der Waals surface area (Å²) < 4.78 is 0. The van der Waals surface area contributed by atoms with E-state index >= 15 is 0 Å². The summed E-state index contributed by atoms with van der Waals surface area (Å²) in [6, 6.07) is 4.91. The van der Waals surface area contributed by atoms with Crippen molar-refractivity contribution in [3.63, 3.8) is 0 Å². The Morgan fingerprint density at radius 1 is 1.50 bits per heavy atom. The average Bonchev–Trinajstić information content (AvgIpc) is 3.16. The Labute approximate surface area is 107 Å². The monoisotopic (exact) mass is 249 g/mol. The zero-order valence-electron chi connectivity index (χ0n) is 10.7. The summed E-state index contributed by atoms with van der Waals surface area (Å²) >= 11 is 0. The van der Waals surface area contributed by atoms with E-state index in [0.717, 1.165) is 18.4 Å². The third-order valence-electron chi connectivity index (χ3n) is 3.60. The first-order valence-electron chi connectivity index (χ1n) is 6.19. The van der Waals surface area contributed by atoms with E-state index in [4.69, 9.17) is 0 Å². The third kappa shape index (κ3) is 2.48. The first-order valence-corrected chi connectivity index (χ1v) is 6.19. The number of aromatic hydroxyl groups is 1. The van der Waals surface area contributed by atoms with Crippen LogP contribution in [0.5, 0.6) is 5.75 Å². The number of hydrogen-bond donors (Lipinski definition) is 3. The van der Waals surface area contributed by atoms with Crippen molar-refractivity contribution in [2.75, 3.05) is 6.61 Å². The van der Waals surface area contributed by atoms with Crippen LogP contribution in [0.15, 0.2) is 18.2 Å². The maximum absolute atomic E-state index is 12.1. The van der Waals surface area contributed by atoms with Crippen molar-refractivity contribution < 1.29 is 15.0 Å². The van der Waals surface area contributed by atoms with Crippen molar-refractivity contribution in [1.82, 2.24) is 5.32 Å². The molecule has 1 saturated carbocycles. The van der Waals surface area contributed by atoms with Gasteiger partial charge < -0.3 is 15.5 Å². The fourth-order valence-electron chi connectivity index (χ4n) is 2.15. The van der Waals surface area contributed by atoms with Crippen LogP contribution in [0.1, 0.15) is 35.7 Å². The molecule has 1 aliphatic carbocycles. The van der Waals surface area contributed by atoms with Gasteiger partial charge in [0.05, 0.1) is 17.7 Å². The molecule has 0 saturated heterocycles. The van der Waals surface area contributed by atoms with Crippen LogP contribution in [0, 0.1) is 12.8 Å². The van der Waals surface area contributed by atoms with Gasteiger partial charge in [-0.1, -0.05) is 11.6 Å². The van der Waals surface area contributed by atoms with E-state index in [1.807, 2.05) is 13.8 Å². The highest BCUT2D eigenvalue weighted by molar-refractivity contribution is 5.97. The molecule has 1 fully saturated rings. The molecule has 1 aliphatic rings. The second-order valence-corrected chi connectivity index (χ2v) is 5.32. The lowest BCUT2D eigenvalue weighted by Crippen LogP contribution is -2.50. The molecule has 0 bridgehead atoms. The van der Waals surface area contributed by atoms with Crippen molar-refractivity contribution >= 4 is 5.91 Å². The highest BCUT2D eigenvalue weighted by atomic mass is 16.3. The van der Waals surface area contributed by atoms with E-state index in [1.165, 1.54) is 6.07 Å². The number of phenols is 1. The van der Waals surface area contributed by atoms with Crippen LogP contribution in [-0.4, -0.2) is 28.3 Å². The maximum atomic E-state index is 12.1. The summed E-state index contributed by atoms with van der Waals surface area (Å²) in [6.07, 6.45) is 2.05. The van der Waals surface area contributed by atoms with Gasteiger partial charge >= 0.3 is 0 Å². The van der Waals surface area contributed by atoms with Crippen LogP contribution in [0.2, 0.25) is 0 Å². The molecular formula is C14H19NO3. The Bertz CT molecular complexity index is 468. The Kier molecular flexibility index (Phi) is 3.30. The quantitative estimate of drug-likeness (QED) is 0.759. The van der Waals surface area contributed by atoms with Gasteiger partial charge in [0.25, 0.3) is 5.91 Å². The number of rotatable bonds is 4. The zero-order valence-corrected chi connectivity index (χ0v) is 10.7. The van der Waals surface area contributed by atoms with Gasteiger partial charge in [0.15, 0.2) is 0 Å². The summed E-state index contributed by atoms with van der Waals surface area (Å²) in [5.74, 6) is -0.0350. The molecule has 0 spiro atoms. The van der Waals surface area contributed by atoms with E-state index in [0.29, 0.717) is 5.92 Å². The topological polar surface area (TPSA) is 69.6 Å². The first-order chi connectivity index (χ1) is 8.46. The van der Waals surface area contributed by atoms with E-state index in [-0.39, 0.29) is 23.8 Å². The predicted octanol–water partition coefficient (Wildman–Crippen LogP) is 1.59. The van der Waals surface area contributed by atoms with Gasteiger partial charge in [-0.05, 0) is 44.7 Å². The average molecular weight is 249 g/mol. The first kappa shape index (κ1) is 12.9. The van der Waals surface area contributed by atoms with Gasteiger partial charge in [0.1, 0.15) is 5.75 Å². The molecule has 18 heavy (non-hydrogen) atoms. The van der Waals surface area contributed by atoms with E-state index in [2.05, 4.69) is 5.32 Å². The summed E-state index contributed by atoms with van der Waals surface area (Å²) in [4.78, 5) is 12.1. The van der Waals surface area contributed by atoms with Crippen LogP contribution in [0.3, 0.4) is 0 Å². The zero-order chi connectivity index (χ0) is 13.3. The van der Waals surface area contributed by atoms with Gasteiger partial charge in [-0.15, -0.1) is 0 Å². The number of carbonyl (C=O) groups excluding carboxylic acids is 1. The van der Waals surface area contributed by atoms with Gasteiger partial charge in [-0.3, -0.25) is 4.79 Å². The van der Waals surface area contributed by atoms with Crippen LogP contribution in [0.25, 0.3) is 0 Å². The number of aliphatic hydroxyl groups is 1. The fourth-order valence-corrected chi connectivity index (χ4v) is 2.15. The van der Waals surface area contributed by atoms with Gasteiger partial charge in [0, 0.05) is 0 Å². The minimum atomic E-state index is -0.590. The molecule has 4 heteroatoms. The molecule has 98 valence electrons. The number of benzene rings is 1. The molecule has 4 nitrogen and oxygen atoms in total. The molecule has 3 N–H and O–H groups in total. The van der Waals surface area contributed by atoms with Crippen LogP contribution < -0.4 is 5.32 Å². The third-order valence-corrected chi connectivity index (χ3v) is 3.60. The second-order valence-electron chi connectivity index (χ2n) is 5.32. The number of hydrogen-bond acceptors (Lipinski definition) is 3. The van der Waals surface area contributed by atoms with Gasteiger partial charge in [-0.2, -0.15) is 0 Å². The van der Waals surface area contributed by atoms with Crippen LogP contribution >= 0.6 is 0 Å². The second kappa shape index (κ2) is 4.61. The van der Waals surface area contributed by atoms with Crippen molar-refractivity contribution in [1.29, 1.82) is 0 Å². The fraction of sp³-hybridized carbons (Fsp3) is 0.500. The van der Waals surface area contributed by atoms with Crippen molar-refractivity contribution in [2.45, 2.75) is 32.2 Å². The normalized spacial score (nSPS) is 18.2. The minimum Gasteiger partial charge on any atom is -0.507 e. The van der Waals surface area contributed by atoms with Crippen LogP contribution in [0.4, 0.5) is 0 Å². The van der Waals surface area contributed by atoms with E-state index in [1.54, 1.807) is 12.1 Å². The summed E-state index contributed by atoms with van der Waals surface area (Å²) in [5.41, 5.74) is 0.582. The molecule has 1 amide bonds. The smallest absolute Gasteiger partial charge is 0.255 e. The molecule has 1 aromatic rings. The minimum absolute atomic E-state index is 0.0332. The van der Waals surface area contributed by atoms with Gasteiger partial charge in [-0.25, -0.2) is 0 Å². The summed E-state index contributed by atoms with van der Waals surface area (Å²) in [6.45, 7) is 3.62. The standard InChI is InChI=1S/C14H19NO3/c1-9-3-6-12(17)11(7-9)13(18)15-14(2,8-16)10-4-5-10/h3,6-7,10,16-17H,4-5,8H2,1-2H3,(H,15,18). The Hall–Kier alpha value is -1.55. The molecule has 1 aromatic carbocycles. The SMILES string of the molecule is Cc1ccc(O)c(C(=O)NC(C)(CO)C2CC2)c1. The lowest BCUT2D eigenvalue weighted by Gasteiger charge is -2.29. The van der Waals surface area contributed by atoms with Crippen molar-refractivity contribution in [3.05, 3.63) is 29.3 Å². The Morgan fingerprint density at radius 3 is 2.72 bits per heavy atom. The number of nitrogens with one attached hydrogen (secondary N) is 1. The van der Waals surface area contributed by atoms with Crippen LogP contribution in [-0.2, 0) is 0 Å². The van der Waals surface area contributed by atoms with Crippen molar-refractivity contribution in [3.8, 4) is 5.75 Å². The molecule has 0 heterocycles. The Morgan fingerprint density at radius 2 is 2.17 bits per heavy atom. The molecule has 0 aromatic heterocycles. The number of phenolic OH excluding ortho intramolecular Hbond substituents is 1. The highest BCUT2D eigenvalue weighted by Crippen LogP contribution is 2.39. The largest absolute Gasteiger partial charge is 0.507 e. The molecule has 0 radical (unpaired) electrons. The number of aryl methyl sites for hydroxylation is 1. The molecule has 2 rings (SSSR count). The number of amides is 1. The molecule has 1 atom stereocenters. The molecule has 0 aliphatic heterocycles. The van der Waals surface area contributed by atoms with E-state index < -0.39 is 5.54 Å². The lowest BCUT2D eigenvalue weighted by molar-refractivity contribution is 0.0822. The molecule has 1 unspecified atom stereocenters. The highest BCUT2D eigenvalue weighted by Gasteiger charge is 2.42.